The summed E-state index contributed by atoms with van der Waals surface area (Å²) in [5.41, 5.74) is 2.66. The Labute approximate surface area is 155 Å². The van der Waals surface area contributed by atoms with E-state index < -0.39 is 11.8 Å². The molecule has 0 aliphatic carbocycles. The standard InChI is InChI=1S/C22H16F2O3/c23-18-8-5-15(6-9-18)17-7-10-21(20(24)12-17)27-22(25)16-3-1-14(2-4-16)11-19-13-26-19/h1-10,12,19H,11,13H2. The van der Waals surface area contributed by atoms with Crippen LogP contribution < -0.4 is 4.74 Å². The van der Waals surface area contributed by atoms with Crippen LogP contribution in [0.5, 0.6) is 5.75 Å². The highest BCUT2D eigenvalue weighted by Crippen LogP contribution is 2.26. The van der Waals surface area contributed by atoms with Crippen molar-refractivity contribution in [1.29, 1.82) is 0 Å². The number of benzene rings is 3. The molecule has 0 N–H and O–H groups in total. The van der Waals surface area contributed by atoms with Gasteiger partial charge in [0.05, 0.1) is 18.3 Å². The third-order valence-corrected chi connectivity index (χ3v) is 4.37. The maximum Gasteiger partial charge on any atom is 0.343 e. The molecule has 136 valence electrons. The quantitative estimate of drug-likeness (QED) is 0.370. The van der Waals surface area contributed by atoms with E-state index in [4.69, 9.17) is 9.47 Å². The first-order valence-corrected chi connectivity index (χ1v) is 8.57. The van der Waals surface area contributed by atoms with Crippen LogP contribution in [0, 0.1) is 11.6 Å². The molecule has 3 nitrogen and oxygen atoms in total. The van der Waals surface area contributed by atoms with Gasteiger partial charge in [-0.1, -0.05) is 30.3 Å². The van der Waals surface area contributed by atoms with Crippen molar-refractivity contribution in [3.05, 3.63) is 89.5 Å². The third kappa shape index (κ3) is 4.20. The molecule has 0 amide bonds. The molecule has 0 aromatic heterocycles. The Hall–Kier alpha value is -3.05. The topological polar surface area (TPSA) is 38.8 Å². The van der Waals surface area contributed by atoms with Crippen LogP contribution in [-0.2, 0) is 11.2 Å². The van der Waals surface area contributed by atoms with E-state index in [1.54, 1.807) is 30.3 Å². The molecule has 3 aromatic rings. The van der Waals surface area contributed by atoms with Gasteiger partial charge in [0.1, 0.15) is 5.82 Å². The normalized spacial score (nSPS) is 15.4. The van der Waals surface area contributed by atoms with Crippen molar-refractivity contribution in [2.75, 3.05) is 6.61 Å². The van der Waals surface area contributed by atoms with Crippen molar-refractivity contribution < 1.29 is 23.0 Å². The number of esters is 1. The summed E-state index contributed by atoms with van der Waals surface area (Å²) in [6.07, 6.45) is 1.09. The van der Waals surface area contributed by atoms with E-state index >= 15 is 0 Å². The molecule has 1 aliphatic rings. The van der Waals surface area contributed by atoms with Gasteiger partial charge in [-0.25, -0.2) is 13.6 Å². The van der Waals surface area contributed by atoms with Gasteiger partial charge >= 0.3 is 5.97 Å². The van der Waals surface area contributed by atoms with E-state index in [-0.39, 0.29) is 17.7 Å². The number of carbonyl (C=O) groups is 1. The number of rotatable bonds is 5. The molecule has 5 heteroatoms. The lowest BCUT2D eigenvalue weighted by molar-refractivity contribution is 0.0728. The molecule has 1 heterocycles. The molecule has 0 bridgehead atoms. The Kier molecular flexibility index (Phi) is 4.69. The van der Waals surface area contributed by atoms with E-state index in [1.807, 2.05) is 12.1 Å². The predicted octanol–water partition coefficient (Wildman–Crippen LogP) is 4.79. The first-order chi connectivity index (χ1) is 13.1. The molecule has 0 spiro atoms. The number of ether oxygens (including phenoxy) is 2. The molecule has 1 saturated heterocycles. The van der Waals surface area contributed by atoms with Gasteiger partial charge < -0.3 is 9.47 Å². The highest BCUT2D eigenvalue weighted by Gasteiger charge is 2.22. The number of carbonyl (C=O) groups excluding carboxylic acids is 1. The minimum atomic E-state index is -0.660. The number of hydrogen-bond acceptors (Lipinski definition) is 3. The smallest absolute Gasteiger partial charge is 0.343 e. The van der Waals surface area contributed by atoms with E-state index in [0.717, 1.165) is 18.6 Å². The lowest BCUT2D eigenvalue weighted by Crippen LogP contribution is -2.09. The van der Waals surface area contributed by atoms with Crippen LogP contribution >= 0.6 is 0 Å². The van der Waals surface area contributed by atoms with Gasteiger partial charge in [0, 0.05) is 6.42 Å². The number of halogens is 2. The molecule has 27 heavy (non-hydrogen) atoms. The van der Waals surface area contributed by atoms with E-state index in [9.17, 15) is 13.6 Å². The zero-order valence-electron chi connectivity index (χ0n) is 14.3. The van der Waals surface area contributed by atoms with Crippen LogP contribution in [0.1, 0.15) is 15.9 Å². The second kappa shape index (κ2) is 7.29. The zero-order chi connectivity index (χ0) is 18.8. The fourth-order valence-corrected chi connectivity index (χ4v) is 2.79. The number of hydrogen-bond donors (Lipinski definition) is 0. The predicted molar refractivity (Wildman–Crippen MR) is 96.6 cm³/mol. The molecule has 3 aromatic carbocycles. The largest absolute Gasteiger partial charge is 0.420 e. The Bertz CT molecular complexity index is 962. The van der Waals surface area contributed by atoms with Crippen LogP contribution in [0.3, 0.4) is 0 Å². The first kappa shape index (κ1) is 17.4. The van der Waals surface area contributed by atoms with Gasteiger partial charge in [-0.15, -0.1) is 0 Å². The van der Waals surface area contributed by atoms with Crippen molar-refractivity contribution in [2.45, 2.75) is 12.5 Å². The Morgan fingerprint density at radius 3 is 2.26 bits per heavy atom. The molecular weight excluding hydrogens is 350 g/mol. The maximum absolute atomic E-state index is 14.3. The van der Waals surface area contributed by atoms with Crippen LogP contribution in [-0.4, -0.2) is 18.7 Å². The summed E-state index contributed by atoms with van der Waals surface area (Å²) in [5, 5.41) is 0. The van der Waals surface area contributed by atoms with Gasteiger partial charge in [-0.2, -0.15) is 0 Å². The molecule has 1 atom stereocenters. The monoisotopic (exact) mass is 366 g/mol. The van der Waals surface area contributed by atoms with E-state index in [2.05, 4.69) is 0 Å². The van der Waals surface area contributed by atoms with Crippen LogP contribution in [0.15, 0.2) is 66.7 Å². The molecule has 4 rings (SSSR count). The fourth-order valence-electron chi connectivity index (χ4n) is 2.79. The van der Waals surface area contributed by atoms with E-state index in [1.165, 1.54) is 24.3 Å². The summed E-state index contributed by atoms with van der Waals surface area (Å²) in [6, 6.07) is 17.0. The van der Waals surface area contributed by atoms with Gasteiger partial charge in [0.15, 0.2) is 11.6 Å². The summed E-state index contributed by atoms with van der Waals surface area (Å²) in [7, 11) is 0. The second-order valence-electron chi connectivity index (χ2n) is 6.40. The van der Waals surface area contributed by atoms with Crippen molar-refractivity contribution in [3.8, 4) is 16.9 Å². The van der Waals surface area contributed by atoms with Crippen molar-refractivity contribution in [2.24, 2.45) is 0 Å². The molecule has 0 radical (unpaired) electrons. The summed E-state index contributed by atoms with van der Waals surface area (Å²) in [4.78, 5) is 12.2. The minimum Gasteiger partial charge on any atom is -0.420 e. The zero-order valence-corrected chi connectivity index (χ0v) is 14.3. The SMILES string of the molecule is O=C(Oc1ccc(-c2ccc(F)cc2)cc1F)c1ccc(CC2CO2)cc1. The Morgan fingerprint density at radius 1 is 0.963 bits per heavy atom. The second-order valence-corrected chi connectivity index (χ2v) is 6.40. The molecule has 1 unspecified atom stereocenters. The average Bonchev–Trinajstić information content (AvgIpc) is 3.48. The van der Waals surface area contributed by atoms with Crippen LogP contribution in [0.25, 0.3) is 11.1 Å². The summed E-state index contributed by atoms with van der Waals surface area (Å²) in [5.74, 6) is -1.80. The third-order valence-electron chi connectivity index (χ3n) is 4.37. The highest BCUT2D eigenvalue weighted by atomic mass is 19.1. The van der Waals surface area contributed by atoms with Gasteiger partial charge in [0.25, 0.3) is 0 Å². The molecule has 1 aliphatic heterocycles. The molecule has 1 fully saturated rings. The van der Waals surface area contributed by atoms with Crippen LogP contribution in [0.2, 0.25) is 0 Å². The summed E-state index contributed by atoms with van der Waals surface area (Å²) >= 11 is 0. The number of epoxide rings is 1. The summed E-state index contributed by atoms with van der Waals surface area (Å²) in [6.45, 7) is 0.775. The maximum atomic E-state index is 14.3. The van der Waals surface area contributed by atoms with Gasteiger partial charge in [0.2, 0.25) is 0 Å². The average molecular weight is 366 g/mol. The molecular formula is C22H16F2O3. The van der Waals surface area contributed by atoms with Crippen molar-refractivity contribution >= 4 is 5.97 Å². The Balaban J connectivity index is 1.46. The minimum absolute atomic E-state index is 0.152. The molecule has 0 saturated carbocycles. The van der Waals surface area contributed by atoms with Crippen LogP contribution in [0.4, 0.5) is 8.78 Å². The Morgan fingerprint density at radius 2 is 1.63 bits per heavy atom. The van der Waals surface area contributed by atoms with Gasteiger partial charge in [-0.3, -0.25) is 0 Å². The lowest BCUT2D eigenvalue weighted by atomic mass is 10.1. The van der Waals surface area contributed by atoms with E-state index in [0.29, 0.717) is 16.7 Å². The van der Waals surface area contributed by atoms with Crippen molar-refractivity contribution in [3.63, 3.8) is 0 Å². The van der Waals surface area contributed by atoms with Gasteiger partial charge in [-0.05, 0) is 53.1 Å². The highest BCUT2D eigenvalue weighted by molar-refractivity contribution is 5.91. The summed E-state index contributed by atoms with van der Waals surface area (Å²) < 4.78 is 37.7. The first-order valence-electron chi connectivity index (χ1n) is 8.57. The van der Waals surface area contributed by atoms with Crippen molar-refractivity contribution in [1.82, 2.24) is 0 Å². The fraction of sp³-hybridized carbons (Fsp3) is 0.136. The lowest BCUT2D eigenvalue weighted by Gasteiger charge is -2.08.